The van der Waals surface area contributed by atoms with Crippen molar-refractivity contribution in [2.75, 3.05) is 0 Å². The SMILES string of the molecule is CCCc1cc(C(=O)O)cc(-n2cccc2C#N)n1. The highest BCUT2D eigenvalue weighted by molar-refractivity contribution is 5.88. The van der Waals surface area contributed by atoms with Gasteiger partial charge in [-0.25, -0.2) is 9.78 Å². The zero-order valence-electron chi connectivity index (χ0n) is 10.5. The summed E-state index contributed by atoms with van der Waals surface area (Å²) < 4.78 is 1.59. The van der Waals surface area contributed by atoms with Gasteiger partial charge in [0.2, 0.25) is 0 Å². The van der Waals surface area contributed by atoms with Crippen LogP contribution in [0.4, 0.5) is 0 Å². The van der Waals surface area contributed by atoms with Crippen LogP contribution in [0.1, 0.15) is 35.1 Å². The first-order valence-electron chi connectivity index (χ1n) is 5.97. The van der Waals surface area contributed by atoms with E-state index in [1.807, 2.05) is 13.0 Å². The predicted octanol–water partition coefficient (Wildman–Crippen LogP) is 2.39. The molecule has 2 aromatic rings. The lowest BCUT2D eigenvalue weighted by Crippen LogP contribution is -2.06. The van der Waals surface area contributed by atoms with Gasteiger partial charge >= 0.3 is 5.97 Å². The molecule has 0 aliphatic heterocycles. The van der Waals surface area contributed by atoms with Gasteiger partial charge in [-0.05, 0) is 30.7 Å². The molecule has 0 bridgehead atoms. The number of hydrogen-bond acceptors (Lipinski definition) is 3. The topological polar surface area (TPSA) is 78.9 Å². The second kappa shape index (κ2) is 5.36. The first-order chi connectivity index (χ1) is 9.15. The van der Waals surface area contributed by atoms with Crippen molar-refractivity contribution in [3.05, 3.63) is 47.4 Å². The molecule has 0 saturated heterocycles. The molecule has 1 N–H and O–H groups in total. The molecule has 0 unspecified atom stereocenters. The molecule has 5 nitrogen and oxygen atoms in total. The largest absolute Gasteiger partial charge is 0.478 e. The van der Waals surface area contributed by atoms with Crippen LogP contribution in [-0.2, 0) is 6.42 Å². The summed E-state index contributed by atoms with van der Waals surface area (Å²) >= 11 is 0. The van der Waals surface area contributed by atoms with Crippen LogP contribution in [0.25, 0.3) is 5.82 Å². The number of pyridine rings is 1. The lowest BCUT2D eigenvalue weighted by Gasteiger charge is -2.08. The smallest absolute Gasteiger partial charge is 0.335 e. The number of aromatic nitrogens is 2. The van der Waals surface area contributed by atoms with Gasteiger partial charge in [0, 0.05) is 11.9 Å². The molecule has 0 atom stereocenters. The molecular weight excluding hydrogens is 242 g/mol. The molecule has 2 rings (SSSR count). The second-order valence-electron chi connectivity index (χ2n) is 4.14. The van der Waals surface area contributed by atoms with E-state index in [4.69, 9.17) is 10.4 Å². The van der Waals surface area contributed by atoms with Crippen molar-refractivity contribution in [1.29, 1.82) is 5.26 Å². The second-order valence-corrected chi connectivity index (χ2v) is 4.14. The molecule has 0 saturated carbocycles. The normalized spacial score (nSPS) is 10.1. The molecule has 96 valence electrons. The Bertz CT molecular complexity index is 653. The molecule has 0 radical (unpaired) electrons. The number of aromatic carboxylic acids is 1. The van der Waals surface area contributed by atoms with Gasteiger partial charge in [0.25, 0.3) is 0 Å². The van der Waals surface area contributed by atoms with Crippen molar-refractivity contribution in [3.63, 3.8) is 0 Å². The third-order valence-electron chi connectivity index (χ3n) is 2.73. The number of carbonyl (C=O) groups is 1. The van der Waals surface area contributed by atoms with Crippen LogP contribution in [0.3, 0.4) is 0 Å². The van der Waals surface area contributed by atoms with Crippen molar-refractivity contribution in [2.45, 2.75) is 19.8 Å². The highest BCUT2D eigenvalue weighted by Gasteiger charge is 2.11. The summed E-state index contributed by atoms with van der Waals surface area (Å²) in [5.41, 5.74) is 1.33. The Morgan fingerprint density at radius 3 is 2.95 bits per heavy atom. The van der Waals surface area contributed by atoms with E-state index in [9.17, 15) is 4.79 Å². The summed E-state index contributed by atoms with van der Waals surface area (Å²) in [5.74, 6) is -0.531. The van der Waals surface area contributed by atoms with E-state index in [1.165, 1.54) is 6.07 Å². The molecule has 0 amide bonds. The zero-order chi connectivity index (χ0) is 13.8. The molecule has 0 aromatic carbocycles. The predicted molar refractivity (Wildman–Crippen MR) is 69.2 cm³/mol. The average Bonchev–Trinajstić information content (AvgIpc) is 2.87. The van der Waals surface area contributed by atoms with Crippen LogP contribution in [0.15, 0.2) is 30.5 Å². The summed E-state index contributed by atoms with van der Waals surface area (Å²) in [7, 11) is 0. The zero-order valence-corrected chi connectivity index (χ0v) is 10.5. The lowest BCUT2D eigenvalue weighted by atomic mass is 10.1. The molecular formula is C14H13N3O2. The monoisotopic (exact) mass is 255 g/mol. The van der Waals surface area contributed by atoms with Gasteiger partial charge in [-0.2, -0.15) is 5.26 Å². The molecule has 19 heavy (non-hydrogen) atoms. The van der Waals surface area contributed by atoms with Crippen molar-refractivity contribution in [2.24, 2.45) is 0 Å². The molecule has 0 fully saturated rings. The average molecular weight is 255 g/mol. The van der Waals surface area contributed by atoms with Crippen molar-refractivity contribution in [1.82, 2.24) is 9.55 Å². The number of carboxylic acids is 1. The summed E-state index contributed by atoms with van der Waals surface area (Å²) in [4.78, 5) is 15.5. The number of nitrogens with zero attached hydrogens (tertiary/aromatic N) is 3. The fraction of sp³-hybridized carbons (Fsp3) is 0.214. The van der Waals surface area contributed by atoms with Crippen LogP contribution in [0, 0.1) is 11.3 Å². The minimum Gasteiger partial charge on any atom is -0.478 e. The molecule has 0 aliphatic carbocycles. The molecule has 0 aliphatic rings. The Morgan fingerprint density at radius 2 is 2.32 bits per heavy atom. The highest BCUT2D eigenvalue weighted by atomic mass is 16.4. The Hall–Kier alpha value is -2.61. The quantitative estimate of drug-likeness (QED) is 0.909. The Balaban J connectivity index is 2.57. The minimum atomic E-state index is -0.994. The van der Waals surface area contributed by atoms with Crippen LogP contribution in [-0.4, -0.2) is 20.6 Å². The van der Waals surface area contributed by atoms with E-state index in [1.54, 1.807) is 29.0 Å². The number of nitriles is 1. The van der Waals surface area contributed by atoms with Crippen LogP contribution < -0.4 is 0 Å². The van der Waals surface area contributed by atoms with Crippen molar-refractivity contribution >= 4 is 5.97 Å². The van der Waals surface area contributed by atoms with Crippen LogP contribution in [0.5, 0.6) is 0 Å². The first-order valence-corrected chi connectivity index (χ1v) is 5.97. The summed E-state index contributed by atoms with van der Waals surface area (Å²) in [5, 5.41) is 18.1. The van der Waals surface area contributed by atoms with Gasteiger partial charge in [-0.3, -0.25) is 4.57 Å². The third-order valence-corrected chi connectivity index (χ3v) is 2.73. The summed E-state index contributed by atoms with van der Waals surface area (Å²) in [6, 6.07) is 8.49. The van der Waals surface area contributed by atoms with Gasteiger partial charge in [0.05, 0.1) is 5.56 Å². The number of rotatable bonds is 4. The number of aryl methyl sites for hydroxylation is 1. The van der Waals surface area contributed by atoms with Gasteiger partial charge in [0.1, 0.15) is 17.6 Å². The first kappa shape index (κ1) is 12.8. The number of carboxylic acid groups (broad SMARTS) is 1. The van der Waals surface area contributed by atoms with Gasteiger partial charge in [-0.1, -0.05) is 13.3 Å². The molecule has 2 aromatic heterocycles. The Labute approximate surface area is 110 Å². The Morgan fingerprint density at radius 1 is 1.53 bits per heavy atom. The van der Waals surface area contributed by atoms with Gasteiger partial charge < -0.3 is 5.11 Å². The maximum atomic E-state index is 11.1. The van der Waals surface area contributed by atoms with E-state index in [2.05, 4.69) is 4.98 Å². The van der Waals surface area contributed by atoms with E-state index in [0.717, 1.165) is 12.1 Å². The number of hydrogen-bond donors (Lipinski definition) is 1. The Kier molecular flexibility index (Phi) is 3.62. The molecule has 2 heterocycles. The van der Waals surface area contributed by atoms with Gasteiger partial charge in [-0.15, -0.1) is 0 Å². The van der Waals surface area contributed by atoms with E-state index in [-0.39, 0.29) is 5.56 Å². The van der Waals surface area contributed by atoms with E-state index >= 15 is 0 Å². The molecule has 0 spiro atoms. The maximum Gasteiger partial charge on any atom is 0.335 e. The van der Waals surface area contributed by atoms with Crippen LogP contribution >= 0.6 is 0 Å². The summed E-state index contributed by atoms with van der Waals surface area (Å²) in [6.45, 7) is 2.01. The standard InChI is InChI=1S/C14H13N3O2/c1-2-4-11-7-10(14(18)19)8-13(16-11)17-6-3-5-12(17)9-15/h3,5-8H,2,4H2,1H3,(H,18,19). The van der Waals surface area contributed by atoms with Gasteiger partial charge in [0.15, 0.2) is 0 Å². The molecule has 5 heteroatoms. The highest BCUT2D eigenvalue weighted by Crippen LogP contribution is 2.15. The van der Waals surface area contributed by atoms with E-state index < -0.39 is 5.97 Å². The fourth-order valence-corrected chi connectivity index (χ4v) is 1.87. The van der Waals surface area contributed by atoms with Crippen molar-refractivity contribution < 1.29 is 9.90 Å². The maximum absolute atomic E-state index is 11.1. The third kappa shape index (κ3) is 2.63. The minimum absolute atomic E-state index is 0.186. The van der Waals surface area contributed by atoms with Crippen LogP contribution in [0.2, 0.25) is 0 Å². The lowest BCUT2D eigenvalue weighted by molar-refractivity contribution is 0.0696. The van der Waals surface area contributed by atoms with E-state index in [0.29, 0.717) is 17.9 Å². The summed E-state index contributed by atoms with van der Waals surface area (Å²) in [6.07, 6.45) is 3.28. The fourth-order valence-electron chi connectivity index (χ4n) is 1.87. The van der Waals surface area contributed by atoms with Crippen molar-refractivity contribution in [3.8, 4) is 11.9 Å².